The van der Waals surface area contributed by atoms with Crippen LogP contribution in [0.3, 0.4) is 0 Å². The van der Waals surface area contributed by atoms with Gasteiger partial charge in [0, 0.05) is 17.7 Å². The molecule has 0 N–H and O–H groups in total. The van der Waals surface area contributed by atoms with Crippen LogP contribution in [0.1, 0.15) is 27.7 Å². The number of rotatable bonds is 2. The van der Waals surface area contributed by atoms with E-state index in [0.717, 1.165) is 0 Å². The predicted molar refractivity (Wildman–Crippen MR) is 49.9 cm³/mol. The molecule has 1 aliphatic heterocycles. The summed E-state index contributed by atoms with van der Waals surface area (Å²) in [6.07, 6.45) is 0. The molecule has 0 saturated heterocycles. The highest BCUT2D eigenvalue weighted by atomic mass is 16.2. The minimum absolute atomic E-state index is 0.111. The molecule has 0 spiro atoms. The molecular formula is C10H15NO2. The standard InChI is InChI=1S/C10H15NO2/c1-5-11-9(12)7(4)8(6(2)3)10(11)13/h6H,5H2,1-4H3. The van der Waals surface area contributed by atoms with Gasteiger partial charge in [0.15, 0.2) is 0 Å². The van der Waals surface area contributed by atoms with Crippen LogP contribution in [0.2, 0.25) is 0 Å². The van der Waals surface area contributed by atoms with Gasteiger partial charge in [-0.05, 0) is 19.8 Å². The van der Waals surface area contributed by atoms with Crippen LogP contribution in [0.4, 0.5) is 0 Å². The molecule has 13 heavy (non-hydrogen) atoms. The Kier molecular flexibility index (Phi) is 2.55. The third-order valence-corrected chi connectivity index (χ3v) is 2.34. The fourth-order valence-electron chi connectivity index (χ4n) is 1.68. The smallest absolute Gasteiger partial charge is 0.257 e. The molecule has 1 rings (SSSR count). The molecule has 0 radical (unpaired) electrons. The first-order chi connectivity index (χ1) is 6.00. The Labute approximate surface area is 78.4 Å². The summed E-state index contributed by atoms with van der Waals surface area (Å²) < 4.78 is 0. The van der Waals surface area contributed by atoms with Gasteiger partial charge in [-0.3, -0.25) is 14.5 Å². The third-order valence-electron chi connectivity index (χ3n) is 2.34. The summed E-state index contributed by atoms with van der Waals surface area (Å²) >= 11 is 0. The lowest BCUT2D eigenvalue weighted by Crippen LogP contribution is -2.31. The summed E-state index contributed by atoms with van der Waals surface area (Å²) in [4.78, 5) is 24.5. The molecule has 0 aromatic heterocycles. The van der Waals surface area contributed by atoms with E-state index in [4.69, 9.17) is 0 Å². The Bertz CT molecular complexity index is 289. The number of imide groups is 1. The second kappa shape index (κ2) is 3.32. The fourth-order valence-corrected chi connectivity index (χ4v) is 1.68. The van der Waals surface area contributed by atoms with Gasteiger partial charge in [-0.25, -0.2) is 0 Å². The zero-order chi connectivity index (χ0) is 10.2. The Hall–Kier alpha value is -1.12. The van der Waals surface area contributed by atoms with E-state index in [0.29, 0.717) is 17.7 Å². The summed E-state index contributed by atoms with van der Waals surface area (Å²) in [5.41, 5.74) is 1.29. The zero-order valence-electron chi connectivity index (χ0n) is 8.55. The molecule has 2 amide bonds. The van der Waals surface area contributed by atoms with Crippen molar-refractivity contribution in [2.24, 2.45) is 5.92 Å². The fraction of sp³-hybridized carbons (Fsp3) is 0.600. The molecule has 0 aromatic rings. The maximum atomic E-state index is 11.6. The van der Waals surface area contributed by atoms with Gasteiger partial charge in [-0.2, -0.15) is 0 Å². The molecule has 1 heterocycles. The SMILES string of the molecule is CCN1C(=O)C(C)=C(C(C)C)C1=O. The number of carbonyl (C=O) groups excluding carboxylic acids is 2. The predicted octanol–water partition coefficient (Wildman–Crippen LogP) is 1.35. The summed E-state index contributed by atoms with van der Waals surface area (Å²) in [6, 6.07) is 0. The van der Waals surface area contributed by atoms with Crippen LogP contribution in [0.25, 0.3) is 0 Å². The minimum atomic E-state index is -0.129. The van der Waals surface area contributed by atoms with E-state index in [2.05, 4.69) is 0 Å². The molecule has 0 atom stereocenters. The number of hydrogen-bond acceptors (Lipinski definition) is 2. The van der Waals surface area contributed by atoms with Crippen LogP contribution in [-0.2, 0) is 9.59 Å². The van der Waals surface area contributed by atoms with Crippen LogP contribution in [0.5, 0.6) is 0 Å². The first kappa shape index (κ1) is 9.96. The van der Waals surface area contributed by atoms with Crippen molar-refractivity contribution in [2.45, 2.75) is 27.7 Å². The molecule has 0 unspecified atom stereocenters. The number of nitrogens with zero attached hydrogens (tertiary/aromatic N) is 1. The van der Waals surface area contributed by atoms with Crippen LogP contribution in [0, 0.1) is 5.92 Å². The van der Waals surface area contributed by atoms with Gasteiger partial charge in [0.05, 0.1) is 0 Å². The third kappa shape index (κ3) is 1.39. The van der Waals surface area contributed by atoms with Crippen molar-refractivity contribution in [1.82, 2.24) is 4.90 Å². The minimum Gasteiger partial charge on any atom is -0.275 e. The van der Waals surface area contributed by atoms with Crippen molar-refractivity contribution in [3.8, 4) is 0 Å². The average Bonchev–Trinajstić information content (AvgIpc) is 2.24. The van der Waals surface area contributed by atoms with Gasteiger partial charge in [-0.1, -0.05) is 13.8 Å². The summed E-state index contributed by atoms with van der Waals surface area (Å²) in [5, 5.41) is 0. The van der Waals surface area contributed by atoms with Gasteiger partial charge in [-0.15, -0.1) is 0 Å². The van der Waals surface area contributed by atoms with Crippen molar-refractivity contribution < 1.29 is 9.59 Å². The van der Waals surface area contributed by atoms with E-state index in [1.54, 1.807) is 6.92 Å². The van der Waals surface area contributed by atoms with Crippen molar-refractivity contribution in [3.63, 3.8) is 0 Å². The summed E-state index contributed by atoms with van der Waals surface area (Å²) in [7, 11) is 0. The van der Waals surface area contributed by atoms with Crippen molar-refractivity contribution in [1.29, 1.82) is 0 Å². The van der Waals surface area contributed by atoms with E-state index in [-0.39, 0.29) is 17.7 Å². The molecule has 0 saturated carbocycles. The largest absolute Gasteiger partial charge is 0.275 e. The maximum Gasteiger partial charge on any atom is 0.257 e. The van der Waals surface area contributed by atoms with E-state index in [9.17, 15) is 9.59 Å². The number of amides is 2. The molecule has 72 valence electrons. The van der Waals surface area contributed by atoms with Gasteiger partial charge in [0.2, 0.25) is 0 Å². The van der Waals surface area contributed by atoms with Crippen LogP contribution in [-0.4, -0.2) is 23.3 Å². The molecular weight excluding hydrogens is 166 g/mol. The topological polar surface area (TPSA) is 37.4 Å². The van der Waals surface area contributed by atoms with Crippen LogP contribution >= 0.6 is 0 Å². The Morgan fingerprint density at radius 2 is 1.77 bits per heavy atom. The molecule has 0 aliphatic carbocycles. The van der Waals surface area contributed by atoms with Crippen LogP contribution < -0.4 is 0 Å². The quantitative estimate of drug-likeness (QED) is 0.603. The van der Waals surface area contributed by atoms with E-state index >= 15 is 0 Å². The lowest BCUT2D eigenvalue weighted by Gasteiger charge is -2.12. The second-order valence-electron chi connectivity index (χ2n) is 3.55. The Morgan fingerprint density at radius 1 is 1.23 bits per heavy atom. The van der Waals surface area contributed by atoms with Gasteiger partial charge in [0.1, 0.15) is 0 Å². The lowest BCUT2D eigenvalue weighted by atomic mass is 10.00. The van der Waals surface area contributed by atoms with Gasteiger partial charge < -0.3 is 0 Å². The zero-order valence-corrected chi connectivity index (χ0v) is 8.55. The molecule has 3 nitrogen and oxygen atoms in total. The van der Waals surface area contributed by atoms with E-state index in [1.807, 2.05) is 20.8 Å². The maximum absolute atomic E-state index is 11.6. The highest BCUT2D eigenvalue weighted by Gasteiger charge is 2.35. The lowest BCUT2D eigenvalue weighted by molar-refractivity contribution is -0.137. The monoisotopic (exact) mass is 181 g/mol. The number of likely N-dealkylation sites (N-methyl/N-ethyl adjacent to an activating group) is 1. The molecule has 1 aliphatic rings. The average molecular weight is 181 g/mol. The second-order valence-corrected chi connectivity index (χ2v) is 3.55. The van der Waals surface area contributed by atoms with Crippen molar-refractivity contribution in [2.75, 3.05) is 6.54 Å². The first-order valence-corrected chi connectivity index (χ1v) is 4.57. The molecule has 0 aromatic carbocycles. The van der Waals surface area contributed by atoms with Gasteiger partial charge >= 0.3 is 0 Å². The number of hydrogen-bond donors (Lipinski definition) is 0. The summed E-state index contributed by atoms with van der Waals surface area (Å²) in [6.45, 7) is 7.87. The highest BCUT2D eigenvalue weighted by Crippen LogP contribution is 2.25. The van der Waals surface area contributed by atoms with Crippen LogP contribution in [0.15, 0.2) is 11.1 Å². The normalized spacial score (nSPS) is 18.1. The molecule has 0 bridgehead atoms. The van der Waals surface area contributed by atoms with Crippen molar-refractivity contribution >= 4 is 11.8 Å². The van der Waals surface area contributed by atoms with E-state index in [1.165, 1.54) is 4.90 Å². The Balaban J connectivity index is 3.09. The number of carbonyl (C=O) groups is 2. The van der Waals surface area contributed by atoms with Gasteiger partial charge in [0.25, 0.3) is 11.8 Å². The van der Waals surface area contributed by atoms with Crippen molar-refractivity contribution in [3.05, 3.63) is 11.1 Å². The molecule has 0 fully saturated rings. The highest BCUT2D eigenvalue weighted by molar-refractivity contribution is 6.19. The Morgan fingerprint density at radius 3 is 2.00 bits per heavy atom. The summed E-state index contributed by atoms with van der Waals surface area (Å²) in [5.74, 6) is -0.107. The molecule has 3 heteroatoms. The van der Waals surface area contributed by atoms with E-state index < -0.39 is 0 Å². The first-order valence-electron chi connectivity index (χ1n) is 4.57.